The summed E-state index contributed by atoms with van der Waals surface area (Å²) in [6.45, 7) is 4.34. The van der Waals surface area contributed by atoms with Crippen LogP contribution < -0.4 is 10.5 Å². The third-order valence-electron chi connectivity index (χ3n) is 2.50. The lowest BCUT2D eigenvalue weighted by Gasteiger charge is -2.11. The van der Waals surface area contributed by atoms with Gasteiger partial charge in [-0.1, -0.05) is 20.3 Å². The first-order valence-electron chi connectivity index (χ1n) is 5.34. The molecule has 1 unspecified atom stereocenters. The van der Waals surface area contributed by atoms with Crippen molar-refractivity contribution in [2.45, 2.75) is 25.2 Å². The zero-order valence-electron chi connectivity index (χ0n) is 9.92. The number of halogens is 1. The molecule has 0 saturated carbocycles. The van der Waals surface area contributed by atoms with Gasteiger partial charge in [-0.3, -0.25) is 0 Å². The smallest absolute Gasteiger partial charge is 0.167 e. The second kappa shape index (κ2) is 5.99. The first-order valence-corrected chi connectivity index (χ1v) is 6.32. The molecule has 16 heavy (non-hydrogen) atoms. The Hall–Kier alpha value is -0.900. The minimum Gasteiger partial charge on any atom is -0.494 e. The monoisotopic (exact) mass is 243 g/mol. The Balaban J connectivity index is 2.79. The largest absolute Gasteiger partial charge is 0.494 e. The molecule has 1 aromatic rings. The summed E-state index contributed by atoms with van der Waals surface area (Å²) in [4.78, 5) is 0.888. The van der Waals surface area contributed by atoms with Gasteiger partial charge in [-0.2, -0.15) is 0 Å². The fourth-order valence-electron chi connectivity index (χ4n) is 1.18. The number of benzene rings is 1. The van der Waals surface area contributed by atoms with Crippen molar-refractivity contribution in [3.05, 3.63) is 17.9 Å². The van der Waals surface area contributed by atoms with Crippen molar-refractivity contribution < 1.29 is 9.13 Å². The molecule has 4 heteroatoms. The van der Waals surface area contributed by atoms with Crippen molar-refractivity contribution in [2.24, 2.45) is 5.92 Å². The molecule has 0 aromatic heterocycles. The number of thioether (sulfide) groups is 1. The van der Waals surface area contributed by atoms with Crippen LogP contribution in [0.2, 0.25) is 0 Å². The van der Waals surface area contributed by atoms with E-state index in [0.717, 1.165) is 17.1 Å². The van der Waals surface area contributed by atoms with E-state index in [4.69, 9.17) is 10.5 Å². The van der Waals surface area contributed by atoms with Crippen molar-refractivity contribution in [3.63, 3.8) is 0 Å². The summed E-state index contributed by atoms with van der Waals surface area (Å²) >= 11 is 1.65. The van der Waals surface area contributed by atoms with E-state index < -0.39 is 5.82 Å². The van der Waals surface area contributed by atoms with Crippen LogP contribution in [-0.4, -0.2) is 12.9 Å². The summed E-state index contributed by atoms with van der Waals surface area (Å²) in [6, 6.07) is 2.98. The predicted molar refractivity (Wildman–Crippen MR) is 67.5 cm³/mol. The van der Waals surface area contributed by atoms with Crippen molar-refractivity contribution in [3.8, 4) is 5.75 Å². The maximum Gasteiger partial charge on any atom is 0.167 e. The van der Waals surface area contributed by atoms with E-state index in [-0.39, 0.29) is 5.75 Å². The van der Waals surface area contributed by atoms with Gasteiger partial charge in [0.15, 0.2) is 11.6 Å². The summed E-state index contributed by atoms with van der Waals surface area (Å²) < 4.78 is 18.2. The van der Waals surface area contributed by atoms with Crippen LogP contribution in [0, 0.1) is 11.7 Å². The molecule has 1 atom stereocenters. The predicted octanol–water partition coefficient (Wildman–Crippen LogP) is 3.55. The first kappa shape index (κ1) is 13.2. The molecule has 0 aliphatic rings. The third kappa shape index (κ3) is 3.30. The number of rotatable bonds is 5. The second-order valence-corrected chi connectivity index (χ2v) is 4.91. The van der Waals surface area contributed by atoms with Gasteiger partial charge in [0, 0.05) is 22.4 Å². The zero-order chi connectivity index (χ0) is 12.1. The maximum absolute atomic E-state index is 13.3. The molecule has 0 aliphatic heterocycles. The summed E-state index contributed by atoms with van der Waals surface area (Å²) in [5, 5.41) is 0. The lowest BCUT2D eigenvalue weighted by molar-refractivity contribution is 0.385. The Kier molecular flexibility index (Phi) is 4.93. The van der Waals surface area contributed by atoms with Crippen molar-refractivity contribution in [1.82, 2.24) is 0 Å². The van der Waals surface area contributed by atoms with E-state index in [1.807, 2.05) is 0 Å². The van der Waals surface area contributed by atoms with Crippen LogP contribution >= 0.6 is 11.8 Å². The number of nitrogens with two attached hydrogens (primary N) is 1. The summed E-state index contributed by atoms with van der Waals surface area (Å²) in [6.07, 6.45) is 1.13. The number of anilines is 1. The molecule has 0 spiro atoms. The van der Waals surface area contributed by atoms with Crippen LogP contribution in [0.15, 0.2) is 17.0 Å². The zero-order valence-corrected chi connectivity index (χ0v) is 10.7. The van der Waals surface area contributed by atoms with E-state index in [9.17, 15) is 4.39 Å². The van der Waals surface area contributed by atoms with Crippen LogP contribution in [0.4, 0.5) is 10.1 Å². The van der Waals surface area contributed by atoms with Gasteiger partial charge >= 0.3 is 0 Å². The van der Waals surface area contributed by atoms with Crippen LogP contribution in [-0.2, 0) is 0 Å². The highest BCUT2D eigenvalue weighted by Crippen LogP contribution is 2.32. The molecule has 0 bridgehead atoms. The molecule has 0 heterocycles. The molecule has 1 aromatic carbocycles. The highest BCUT2D eigenvalue weighted by molar-refractivity contribution is 7.99. The molecule has 0 aliphatic carbocycles. The highest BCUT2D eigenvalue weighted by atomic mass is 32.2. The Bertz CT molecular complexity index is 357. The SMILES string of the molecule is CCC(C)CSc1cc(OC)c(F)cc1N. The fraction of sp³-hybridized carbons (Fsp3) is 0.500. The van der Waals surface area contributed by atoms with Crippen LogP contribution in [0.25, 0.3) is 0 Å². The molecule has 0 amide bonds. The molecule has 2 nitrogen and oxygen atoms in total. The van der Waals surface area contributed by atoms with E-state index >= 15 is 0 Å². The Morgan fingerprint density at radius 2 is 2.19 bits per heavy atom. The van der Waals surface area contributed by atoms with Gasteiger partial charge in [0.1, 0.15) is 0 Å². The van der Waals surface area contributed by atoms with Gasteiger partial charge < -0.3 is 10.5 Å². The summed E-state index contributed by atoms with van der Waals surface area (Å²) in [7, 11) is 1.46. The standard InChI is InChI=1S/C12H18FNOS/c1-4-8(2)7-16-12-6-11(15-3)9(13)5-10(12)14/h5-6,8H,4,7,14H2,1-3H3. The topological polar surface area (TPSA) is 35.2 Å². The molecule has 0 fully saturated rings. The van der Waals surface area contributed by atoms with E-state index in [1.54, 1.807) is 17.8 Å². The molecule has 0 saturated heterocycles. The Morgan fingerprint density at radius 3 is 2.75 bits per heavy atom. The van der Waals surface area contributed by atoms with E-state index in [2.05, 4.69) is 13.8 Å². The molecule has 0 radical (unpaired) electrons. The van der Waals surface area contributed by atoms with Gasteiger partial charge in [0.05, 0.1) is 7.11 Å². The first-order chi connectivity index (χ1) is 7.58. The number of methoxy groups -OCH3 is 1. The Labute approximate surface area is 100 Å². The van der Waals surface area contributed by atoms with Gasteiger partial charge in [-0.25, -0.2) is 4.39 Å². The number of nitrogen functional groups attached to an aromatic ring is 1. The number of ether oxygens (including phenoxy) is 1. The minimum atomic E-state index is -0.409. The van der Waals surface area contributed by atoms with Crippen molar-refractivity contribution in [1.29, 1.82) is 0 Å². The summed E-state index contributed by atoms with van der Waals surface area (Å²) in [5.74, 6) is 1.45. The molecular formula is C12H18FNOS. The minimum absolute atomic E-state index is 0.251. The molecule has 90 valence electrons. The molecular weight excluding hydrogens is 225 g/mol. The molecule has 2 N–H and O–H groups in total. The van der Waals surface area contributed by atoms with Gasteiger partial charge in [0.25, 0.3) is 0 Å². The van der Waals surface area contributed by atoms with E-state index in [0.29, 0.717) is 11.6 Å². The quantitative estimate of drug-likeness (QED) is 0.634. The van der Waals surface area contributed by atoms with E-state index in [1.165, 1.54) is 13.2 Å². The normalized spacial score (nSPS) is 12.5. The van der Waals surface area contributed by atoms with Crippen LogP contribution in [0.3, 0.4) is 0 Å². The van der Waals surface area contributed by atoms with Gasteiger partial charge in [-0.05, 0) is 12.0 Å². The summed E-state index contributed by atoms with van der Waals surface area (Å²) in [5.41, 5.74) is 6.23. The average molecular weight is 243 g/mol. The van der Waals surface area contributed by atoms with Gasteiger partial charge in [0.2, 0.25) is 0 Å². The average Bonchev–Trinajstić information content (AvgIpc) is 2.27. The molecule has 1 rings (SSSR count). The fourth-order valence-corrected chi connectivity index (χ4v) is 2.30. The second-order valence-electron chi connectivity index (χ2n) is 3.85. The van der Waals surface area contributed by atoms with Crippen molar-refractivity contribution >= 4 is 17.4 Å². The van der Waals surface area contributed by atoms with Crippen molar-refractivity contribution in [2.75, 3.05) is 18.6 Å². The lowest BCUT2D eigenvalue weighted by Crippen LogP contribution is -1.98. The number of hydrogen-bond donors (Lipinski definition) is 1. The highest BCUT2D eigenvalue weighted by Gasteiger charge is 2.09. The van der Waals surface area contributed by atoms with Gasteiger partial charge in [-0.15, -0.1) is 11.8 Å². The Morgan fingerprint density at radius 1 is 1.50 bits per heavy atom. The maximum atomic E-state index is 13.3. The van der Waals surface area contributed by atoms with Crippen LogP contribution in [0.5, 0.6) is 5.75 Å². The third-order valence-corrected chi connectivity index (χ3v) is 3.90. The van der Waals surface area contributed by atoms with Crippen LogP contribution in [0.1, 0.15) is 20.3 Å². The number of hydrogen-bond acceptors (Lipinski definition) is 3. The lowest BCUT2D eigenvalue weighted by atomic mass is 10.2.